The van der Waals surface area contributed by atoms with Crippen molar-refractivity contribution in [2.75, 3.05) is 12.4 Å². The third-order valence-electron chi connectivity index (χ3n) is 2.52. The van der Waals surface area contributed by atoms with E-state index in [9.17, 15) is 4.79 Å². The molecule has 4 nitrogen and oxygen atoms in total. The van der Waals surface area contributed by atoms with Gasteiger partial charge in [-0.3, -0.25) is 0 Å². The van der Waals surface area contributed by atoms with Gasteiger partial charge in [-0.25, -0.2) is 9.78 Å². The van der Waals surface area contributed by atoms with Crippen molar-refractivity contribution in [2.45, 2.75) is 19.3 Å². The molecule has 0 aromatic carbocycles. The van der Waals surface area contributed by atoms with E-state index in [-0.39, 0.29) is 5.56 Å². The van der Waals surface area contributed by atoms with Gasteiger partial charge in [-0.15, -0.1) is 0 Å². The molecular formula is C10H12N2O2. The van der Waals surface area contributed by atoms with Crippen LogP contribution in [0.25, 0.3) is 0 Å². The van der Waals surface area contributed by atoms with Gasteiger partial charge in [-0.2, -0.15) is 0 Å². The molecule has 0 saturated heterocycles. The lowest BCUT2D eigenvalue weighted by Gasteiger charge is -2.07. The Morgan fingerprint density at radius 3 is 3.00 bits per heavy atom. The van der Waals surface area contributed by atoms with E-state index in [4.69, 9.17) is 5.11 Å². The van der Waals surface area contributed by atoms with E-state index in [0.717, 1.165) is 30.5 Å². The lowest BCUT2D eigenvalue weighted by molar-refractivity contribution is 0.0697. The van der Waals surface area contributed by atoms with Gasteiger partial charge in [0.15, 0.2) is 0 Å². The predicted molar refractivity (Wildman–Crippen MR) is 52.8 cm³/mol. The number of aromatic carboxylic acids is 1. The smallest absolute Gasteiger partial charge is 0.339 e. The average Bonchev–Trinajstić information content (AvgIpc) is 2.62. The van der Waals surface area contributed by atoms with Crippen LogP contribution in [0, 0.1) is 0 Å². The molecule has 1 aromatic heterocycles. The van der Waals surface area contributed by atoms with Crippen molar-refractivity contribution in [3.05, 3.63) is 22.9 Å². The highest BCUT2D eigenvalue weighted by atomic mass is 16.4. The largest absolute Gasteiger partial charge is 0.478 e. The Morgan fingerprint density at radius 2 is 2.36 bits per heavy atom. The molecule has 2 rings (SSSR count). The van der Waals surface area contributed by atoms with Crippen molar-refractivity contribution in [3.63, 3.8) is 0 Å². The molecule has 14 heavy (non-hydrogen) atoms. The van der Waals surface area contributed by atoms with Crippen LogP contribution in [0.1, 0.15) is 28.0 Å². The highest BCUT2D eigenvalue weighted by Gasteiger charge is 2.18. The summed E-state index contributed by atoms with van der Waals surface area (Å²) in [4.78, 5) is 15.2. The second-order valence-electron chi connectivity index (χ2n) is 3.40. The third kappa shape index (κ3) is 1.32. The molecule has 74 valence electrons. The van der Waals surface area contributed by atoms with Crippen molar-refractivity contribution in [3.8, 4) is 0 Å². The summed E-state index contributed by atoms with van der Waals surface area (Å²) in [7, 11) is 1.69. The summed E-state index contributed by atoms with van der Waals surface area (Å²) in [6.45, 7) is 0. The van der Waals surface area contributed by atoms with E-state index < -0.39 is 5.97 Å². The monoisotopic (exact) mass is 192 g/mol. The molecule has 1 aliphatic rings. The van der Waals surface area contributed by atoms with Gasteiger partial charge >= 0.3 is 5.97 Å². The molecule has 0 fully saturated rings. The standard InChI is InChI=1S/C10H12N2O2/c1-11-9-7(10(13)14)5-6-3-2-4-8(6)12-9/h5H,2-4H2,1H3,(H,11,12)(H,13,14). The van der Waals surface area contributed by atoms with Crippen LogP contribution in [0.5, 0.6) is 0 Å². The summed E-state index contributed by atoms with van der Waals surface area (Å²) in [5.41, 5.74) is 2.40. The predicted octanol–water partition coefficient (Wildman–Crippen LogP) is 1.31. The van der Waals surface area contributed by atoms with Crippen LogP contribution in [0.2, 0.25) is 0 Å². The molecular weight excluding hydrogens is 180 g/mol. The van der Waals surface area contributed by atoms with Gasteiger partial charge in [0.2, 0.25) is 0 Å². The van der Waals surface area contributed by atoms with Crippen molar-refractivity contribution in [2.24, 2.45) is 0 Å². The molecule has 0 atom stereocenters. The number of aromatic nitrogens is 1. The number of aryl methyl sites for hydroxylation is 2. The third-order valence-corrected chi connectivity index (χ3v) is 2.52. The molecule has 2 N–H and O–H groups in total. The lowest BCUT2D eigenvalue weighted by atomic mass is 10.1. The van der Waals surface area contributed by atoms with Gasteiger partial charge in [0.05, 0.1) is 0 Å². The summed E-state index contributed by atoms with van der Waals surface area (Å²) in [6, 6.07) is 1.74. The Kier molecular flexibility index (Phi) is 2.11. The number of fused-ring (bicyclic) bond motifs is 1. The summed E-state index contributed by atoms with van der Waals surface area (Å²) in [5.74, 6) is -0.449. The maximum atomic E-state index is 10.9. The van der Waals surface area contributed by atoms with Crippen LogP contribution in [-0.2, 0) is 12.8 Å². The van der Waals surface area contributed by atoms with Crippen molar-refractivity contribution < 1.29 is 9.90 Å². The molecule has 0 unspecified atom stereocenters. The van der Waals surface area contributed by atoms with Gasteiger partial charge in [-0.1, -0.05) is 0 Å². The van der Waals surface area contributed by atoms with E-state index in [0.29, 0.717) is 5.82 Å². The van der Waals surface area contributed by atoms with Crippen LogP contribution < -0.4 is 5.32 Å². The zero-order valence-corrected chi connectivity index (χ0v) is 8.00. The van der Waals surface area contributed by atoms with Crippen molar-refractivity contribution in [1.82, 2.24) is 4.98 Å². The minimum Gasteiger partial charge on any atom is -0.478 e. The Hall–Kier alpha value is -1.58. The van der Waals surface area contributed by atoms with Crippen molar-refractivity contribution in [1.29, 1.82) is 0 Å². The number of carboxylic acid groups (broad SMARTS) is 1. The van der Waals surface area contributed by atoms with Crippen LogP contribution in [0.4, 0.5) is 5.82 Å². The SMILES string of the molecule is CNc1nc2c(cc1C(=O)O)CCC2. The number of rotatable bonds is 2. The molecule has 0 saturated carbocycles. The molecule has 0 aliphatic heterocycles. The Bertz CT molecular complexity index is 388. The van der Waals surface area contributed by atoms with E-state index in [1.165, 1.54) is 0 Å². The quantitative estimate of drug-likeness (QED) is 0.741. The fourth-order valence-corrected chi connectivity index (χ4v) is 1.83. The first-order valence-electron chi connectivity index (χ1n) is 4.66. The molecule has 0 spiro atoms. The zero-order chi connectivity index (χ0) is 10.1. The van der Waals surface area contributed by atoms with Gasteiger partial charge in [0.25, 0.3) is 0 Å². The van der Waals surface area contributed by atoms with Crippen LogP contribution >= 0.6 is 0 Å². The fraction of sp³-hybridized carbons (Fsp3) is 0.400. The first-order chi connectivity index (χ1) is 6.72. The van der Waals surface area contributed by atoms with Gasteiger partial charge in [0.1, 0.15) is 11.4 Å². The highest BCUT2D eigenvalue weighted by Crippen LogP contribution is 2.24. The topological polar surface area (TPSA) is 62.2 Å². The first-order valence-corrected chi connectivity index (χ1v) is 4.66. The first kappa shape index (κ1) is 8.99. The Balaban J connectivity index is 2.54. The number of nitrogens with zero attached hydrogens (tertiary/aromatic N) is 1. The summed E-state index contributed by atoms with van der Waals surface area (Å²) in [6.07, 6.45) is 2.99. The number of carbonyl (C=O) groups is 1. The van der Waals surface area contributed by atoms with Gasteiger partial charge < -0.3 is 10.4 Å². The number of carboxylic acids is 1. The number of nitrogens with one attached hydrogen (secondary N) is 1. The van der Waals surface area contributed by atoms with E-state index >= 15 is 0 Å². The van der Waals surface area contributed by atoms with E-state index in [1.807, 2.05) is 0 Å². The Labute approximate surface area is 82.0 Å². The normalized spacial score (nSPS) is 13.8. The van der Waals surface area contributed by atoms with Crippen LogP contribution in [0.3, 0.4) is 0 Å². The molecule has 0 bridgehead atoms. The number of anilines is 1. The summed E-state index contributed by atoms with van der Waals surface area (Å²) >= 11 is 0. The lowest BCUT2D eigenvalue weighted by Crippen LogP contribution is -2.07. The fourth-order valence-electron chi connectivity index (χ4n) is 1.83. The molecule has 0 amide bonds. The van der Waals surface area contributed by atoms with Crippen LogP contribution in [-0.4, -0.2) is 23.1 Å². The maximum absolute atomic E-state index is 10.9. The number of hydrogen-bond donors (Lipinski definition) is 2. The number of hydrogen-bond acceptors (Lipinski definition) is 3. The van der Waals surface area contributed by atoms with Crippen LogP contribution in [0.15, 0.2) is 6.07 Å². The minimum absolute atomic E-state index is 0.271. The molecule has 4 heteroatoms. The molecule has 1 aliphatic carbocycles. The van der Waals surface area contributed by atoms with Crippen molar-refractivity contribution >= 4 is 11.8 Å². The second kappa shape index (κ2) is 3.29. The number of pyridine rings is 1. The highest BCUT2D eigenvalue weighted by molar-refractivity contribution is 5.93. The minimum atomic E-state index is -0.920. The van der Waals surface area contributed by atoms with E-state index in [1.54, 1.807) is 13.1 Å². The molecule has 0 radical (unpaired) electrons. The zero-order valence-electron chi connectivity index (χ0n) is 8.00. The average molecular weight is 192 g/mol. The van der Waals surface area contributed by atoms with Gasteiger partial charge in [0, 0.05) is 12.7 Å². The molecule has 1 heterocycles. The summed E-state index contributed by atoms with van der Waals surface area (Å²) < 4.78 is 0. The van der Waals surface area contributed by atoms with Gasteiger partial charge in [-0.05, 0) is 30.9 Å². The second-order valence-corrected chi connectivity index (χ2v) is 3.40. The maximum Gasteiger partial charge on any atom is 0.339 e. The Morgan fingerprint density at radius 1 is 1.57 bits per heavy atom. The summed E-state index contributed by atoms with van der Waals surface area (Å²) in [5, 5.41) is 11.8. The molecule has 1 aromatic rings. The van der Waals surface area contributed by atoms with E-state index in [2.05, 4.69) is 10.3 Å².